The third kappa shape index (κ3) is 5.61. The zero-order chi connectivity index (χ0) is 23.5. The highest BCUT2D eigenvalue weighted by atomic mass is 16.6. The van der Waals surface area contributed by atoms with Crippen molar-refractivity contribution in [1.29, 1.82) is 0 Å². The summed E-state index contributed by atoms with van der Waals surface area (Å²) in [5.41, 5.74) is -1.99. The predicted octanol–water partition coefficient (Wildman–Crippen LogP) is 2.35. The highest BCUT2D eigenvalue weighted by molar-refractivity contribution is 5.96. The molecule has 0 bridgehead atoms. The van der Waals surface area contributed by atoms with E-state index in [0.717, 1.165) is 25.7 Å². The van der Waals surface area contributed by atoms with Crippen molar-refractivity contribution < 1.29 is 29.0 Å². The molecule has 0 radical (unpaired) electrons. The van der Waals surface area contributed by atoms with E-state index in [0.29, 0.717) is 32.2 Å². The molecule has 1 saturated carbocycles. The van der Waals surface area contributed by atoms with Gasteiger partial charge in [-0.2, -0.15) is 0 Å². The number of hydrogen-bond donors (Lipinski definition) is 3. The lowest BCUT2D eigenvalue weighted by Gasteiger charge is -2.30. The summed E-state index contributed by atoms with van der Waals surface area (Å²) < 4.78 is 5.33. The molecule has 3 aliphatic rings. The number of hydrogen-bond acceptors (Lipinski definition) is 5. The van der Waals surface area contributed by atoms with Crippen LogP contribution in [0.25, 0.3) is 0 Å². The van der Waals surface area contributed by atoms with Gasteiger partial charge < -0.3 is 25.4 Å². The number of carboxylic acid groups (broad SMARTS) is 1. The van der Waals surface area contributed by atoms with Gasteiger partial charge in [0.2, 0.25) is 11.8 Å². The Labute approximate surface area is 188 Å². The van der Waals surface area contributed by atoms with Crippen molar-refractivity contribution in [1.82, 2.24) is 15.5 Å². The van der Waals surface area contributed by atoms with Crippen LogP contribution in [0.5, 0.6) is 0 Å². The van der Waals surface area contributed by atoms with E-state index >= 15 is 0 Å². The van der Waals surface area contributed by atoms with Crippen molar-refractivity contribution in [3.05, 3.63) is 12.2 Å². The van der Waals surface area contributed by atoms with Gasteiger partial charge >= 0.3 is 12.1 Å². The Morgan fingerprint density at radius 1 is 1.19 bits per heavy atom. The maximum absolute atomic E-state index is 13.4. The molecule has 4 atom stereocenters. The standard InChI is InChI=1S/C23H35N3O6/c1-22(2,3)32-21(31)24-16-11-8-6-4-5-7-10-15-14-23(15,20(29)30)25-18(27)17-12-9-13-26(17)19(16)28/h7,10,15-17H,4-6,8-9,11-14H2,1-3H3,(H,24,31)(H,25,27)(H,29,30)/b10-7-/t15-,16+,17?,23-/m1/s1. The number of carbonyl (C=O) groups excluding carboxylic acids is 3. The van der Waals surface area contributed by atoms with E-state index in [2.05, 4.69) is 10.6 Å². The molecule has 178 valence electrons. The maximum Gasteiger partial charge on any atom is 0.408 e. The molecule has 1 aliphatic carbocycles. The van der Waals surface area contributed by atoms with Crippen molar-refractivity contribution in [3.63, 3.8) is 0 Å². The molecule has 0 spiro atoms. The van der Waals surface area contributed by atoms with Crippen molar-refractivity contribution in [3.8, 4) is 0 Å². The molecule has 9 nitrogen and oxygen atoms in total. The topological polar surface area (TPSA) is 125 Å². The Morgan fingerprint density at radius 3 is 2.62 bits per heavy atom. The summed E-state index contributed by atoms with van der Waals surface area (Å²) in [6.07, 6.45) is 8.43. The van der Waals surface area contributed by atoms with Crippen LogP contribution in [0.4, 0.5) is 4.79 Å². The quantitative estimate of drug-likeness (QED) is 0.556. The average molecular weight is 450 g/mol. The van der Waals surface area contributed by atoms with Crippen LogP contribution in [-0.2, 0) is 19.1 Å². The third-order valence-electron chi connectivity index (χ3n) is 6.30. The summed E-state index contributed by atoms with van der Waals surface area (Å²) in [5.74, 6) is -2.05. The number of ether oxygens (including phenoxy) is 1. The molecule has 9 heteroatoms. The van der Waals surface area contributed by atoms with Gasteiger partial charge in [0.05, 0.1) is 0 Å². The van der Waals surface area contributed by atoms with Gasteiger partial charge in [0.25, 0.3) is 0 Å². The molecule has 0 aromatic rings. The molecular formula is C23H35N3O6. The van der Waals surface area contributed by atoms with Gasteiger partial charge in [-0.25, -0.2) is 9.59 Å². The molecule has 1 unspecified atom stereocenters. The number of nitrogens with one attached hydrogen (secondary N) is 2. The second-order valence-corrected chi connectivity index (χ2v) is 10.0. The number of amides is 3. The van der Waals surface area contributed by atoms with E-state index in [-0.39, 0.29) is 11.8 Å². The zero-order valence-electron chi connectivity index (χ0n) is 19.2. The minimum absolute atomic E-state index is 0.235. The summed E-state index contributed by atoms with van der Waals surface area (Å²) in [6.45, 7) is 5.65. The first kappa shape index (κ1) is 24.1. The van der Waals surface area contributed by atoms with E-state index < -0.39 is 41.2 Å². The van der Waals surface area contributed by atoms with E-state index in [4.69, 9.17) is 4.74 Å². The fourth-order valence-electron chi connectivity index (χ4n) is 4.52. The van der Waals surface area contributed by atoms with Crippen LogP contribution < -0.4 is 10.6 Å². The molecule has 2 heterocycles. The van der Waals surface area contributed by atoms with Crippen molar-refractivity contribution in [2.45, 2.75) is 95.4 Å². The van der Waals surface area contributed by atoms with E-state index in [9.17, 15) is 24.3 Å². The Hall–Kier alpha value is -2.58. The van der Waals surface area contributed by atoms with Gasteiger partial charge in [-0.05, 0) is 59.3 Å². The van der Waals surface area contributed by atoms with E-state index in [1.807, 2.05) is 12.2 Å². The normalized spacial score (nSPS) is 32.5. The minimum atomic E-state index is -1.29. The molecule has 3 N–H and O–H groups in total. The van der Waals surface area contributed by atoms with Gasteiger partial charge in [-0.1, -0.05) is 25.0 Å². The Kier molecular flexibility index (Phi) is 7.15. The number of nitrogens with zero attached hydrogens (tertiary/aromatic N) is 1. The van der Waals surface area contributed by atoms with Crippen LogP contribution in [0.3, 0.4) is 0 Å². The molecule has 2 fully saturated rings. The second-order valence-electron chi connectivity index (χ2n) is 10.0. The third-order valence-corrected chi connectivity index (χ3v) is 6.30. The lowest BCUT2D eigenvalue weighted by Crippen LogP contribution is -2.56. The first-order valence-electron chi connectivity index (χ1n) is 11.6. The van der Waals surface area contributed by atoms with Gasteiger partial charge in [0, 0.05) is 12.5 Å². The van der Waals surface area contributed by atoms with Crippen molar-refractivity contribution in [2.75, 3.05) is 6.54 Å². The predicted molar refractivity (Wildman–Crippen MR) is 117 cm³/mol. The number of allylic oxidation sites excluding steroid dienone is 1. The van der Waals surface area contributed by atoms with Crippen molar-refractivity contribution in [2.24, 2.45) is 5.92 Å². The van der Waals surface area contributed by atoms with E-state index in [1.54, 1.807) is 20.8 Å². The molecule has 0 aromatic heterocycles. The summed E-state index contributed by atoms with van der Waals surface area (Å²) >= 11 is 0. The first-order valence-corrected chi connectivity index (χ1v) is 11.6. The second kappa shape index (κ2) is 9.50. The van der Waals surface area contributed by atoms with Gasteiger partial charge in [0.1, 0.15) is 23.2 Å². The number of carboxylic acids is 1. The fourth-order valence-corrected chi connectivity index (χ4v) is 4.52. The Bertz CT molecular complexity index is 789. The molecular weight excluding hydrogens is 414 g/mol. The van der Waals surface area contributed by atoms with Gasteiger partial charge in [-0.3, -0.25) is 9.59 Å². The smallest absolute Gasteiger partial charge is 0.408 e. The van der Waals surface area contributed by atoms with Crippen LogP contribution in [0, 0.1) is 5.92 Å². The first-order chi connectivity index (χ1) is 15.0. The highest BCUT2D eigenvalue weighted by Crippen LogP contribution is 2.45. The van der Waals surface area contributed by atoms with Crippen LogP contribution in [0.15, 0.2) is 12.2 Å². The SMILES string of the molecule is CC(C)(C)OC(=O)N[C@H]1CCCCC/C=C\[C@@H]2C[C@@]2(C(=O)O)NC(=O)C2CCCN2C1=O. The number of aliphatic carboxylic acids is 1. The lowest BCUT2D eigenvalue weighted by molar-refractivity contribution is -0.145. The number of fused-ring (bicyclic) bond motifs is 2. The van der Waals surface area contributed by atoms with Crippen LogP contribution in [0.2, 0.25) is 0 Å². The zero-order valence-corrected chi connectivity index (χ0v) is 19.2. The maximum atomic E-state index is 13.4. The number of alkyl carbamates (subject to hydrolysis) is 1. The molecule has 32 heavy (non-hydrogen) atoms. The van der Waals surface area contributed by atoms with Crippen molar-refractivity contribution >= 4 is 23.9 Å². The molecule has 1 saturated heterocycles. The minimum Gasteiger partial charge on any atom is -0.479 e. The summed E-state index contributed by atoms with van der Waals surface area (Å²) in [5, 5.41) is 15.2. The summed E-state index contributed by atoms with van der Waals surface area (Å²) in [7, 11) is 0. The lowest BCUT2D eigenvalue weighted by atomic mass is 10.0. The molecule has 3 rings (SSSR count). The van der Waals surface area contributed by atoms with Crippen LogP contribution >= 0.6 is 0 Å². The summed E-state index contributed by atoms with van der Waals surface area (Å²) in [6, 6.07) is -1.53. The van der Waals surface area contributed by atoms with Crippen LogP contribution in [0.1, 0.15) is 72.1 Å². The molecule has 3 amide bonds. The summed E-state index contributed by atoms with van der Waals surface area (Å²) in [4.78, 5) is 52.2. The average Bonchev–Trinajstić information content (AvgIpc) is 3.16. The fraction of sp³-hybridized carbons (Fsp3) is 0.739. The monoisotopic (exact) mass is 449 g/mol. The number of carbonyl (C=O) groups is 4. The van der Waals surface area contributed by atoms with Crippen LogP contribution in [-0.4, -0.2) is 63.7 Å². The Balaban J connectivity index is 1.79. The van der Waals surface area contributed by atoms with E-state index in [1.165, 1.54) is 4.90 Å². The number of rotatable bonds is 2. The highest BCUT2D eigenvalue weighted by Gasteiger charge is 2.61. The molecule has 2 aliphatic heterocycles. The van der Waals surface area contributed by atoms with Gasteiger partial charge in [0.15, 0.2) is 0 Å². The molecule has 0 aromatic carbocycles. The largest absolute Gasteiger partial charge is 0.479 e. The van der Waals surface area contributed by atoms with Gasteiger partial charge in [-0.15, -0.1) is 0 Å². The Morgan fingerprint density at radius 2 is 1.94 bits per heavy atom.